The molecule has 2 aromatic rings. The molecule has 4 nitrogen and oxygen atoms in total. The Kier molecular flexibility index (Phi) is 4.06. The largest absolute Gasteiger partial charge is 0.478 e. The van der Waals surface area contributed by atoms with Crippen LogP contribution in [0.5, 0.6) is 0 Å². The van der Waals surface area contributed by atoms with Crippen molar-refractivity contribution in [2.45, 2.75) is 6.54 Å². The number of nitrogen functional groups attached to an aromatic ring is 1. The number of carbonyl (C=O) groups is 1. The van der Waals surface area contributed by atoms with Gasteiger partial charge in [0.05, 0.1) is 5.56 Å². The van der Waals surface area contributed by atoms with Gasteiger partial charge in [-0.3, -0.25) is 0 Å². The second kappa shape index (κ2) is 5.75. The topological polar surface area (TPSA) is 75.3 Å². The lowest BCUT2D eigenvalue weighted by atomic mass is 10.1. The summed E-state index contributed by atoms with van der Waals surface area (Å²) in [5, 5.41) is 12.2. The van der Waals surface area contributed by atoms with Gasteiger partial charge >= 0.3 is 5.97 Å². The van der Waals surface area contributed by atoms with Crippen LogP contribution in [0.15, 0.2) is 46.9 Å². The van der Waals surface area contributed by atoms with Crippen LogP contribution in [0.3, 0.4) is 0 Å². The van der Waals surface area contributed by atoms with Crippen molar-refractivity contribution >= 4 is 33.3 Å². The molecule has 0 aliphatic carbocycles. The average Bonchev–Trinajstić information content (AvgIpc) is 2.39. The quantitative estimate of drug-likeness (QED) is 0.755. The van der Waals surface area contributed by atoms with Gasteiger partial charge in [-0.25, -0.2) is 4.79 Å². The van der Waals surface area contributed by atoms with E-state index in [0.29, 0.717) is 6.54 Å². The molecule has 0 heterocycles. The van der Waals surface area contributed by atoms with Crippen LogP contribution in [-0.4, -0.2) is 11.1 Å². The first-order valence-corrected chi connectivity index (χ1v) is 6.47. The van der Waals surface area contributed by atoms with E-state index in [1.54, 1.807) is 12.1 Å². The van der Waals surface area contributed by atoms with Gasteiger partial charge in [-0.05, 0) is 29.8 Å². The summed E-state index contributed by atoms with van der Waals surface area (Å²) in [6.07, 6.45) is 0. The molecule has 0 aromatic heterocycles. The molecule has 4 N–H and O–H groups in total. The highest BCUT2D eigenvalue weighted by molar-refractivity contribution is 9.10. The molecule has 0 bridgehead atoms. The molecule has 0 atom stereocenters. The summed E-state index contributed by atoms with van der Waals surface area (Å²) in [5.74, 6) is -1.03. The monoisotopic (exact) mass is 320 g/mol. The Labute approximate surface area is 119 Å². The zero-order chi connectivity index (χ0) is 13.8. The standard InChI is InChI=1S/C14H13BrN2O2/c15-12-4-2-1-3-9(12)8-17-10-5-6-13(16)11(7-10)14(18)19/h1-7,17H,8,16H2,(H,18,19). The number of aromatic carboxylic acids is 1. The fraction of sp³-hybridized carbons (Fsp3) is 0.0714. The predicted octanol–water partition coefficient (Wildman–Crippen LogP) is 3.34. The first-order chi connectivity index (χ1) is 9.08. The van der Waals surface area contributed by atoms with E-state index in [1.165, 1.54) is 6.07 Å². The summed E-state index contributed by atoms with van der Waals surface area (Å²) in [5.41, 5.74) is 7.80. The molecule has 2 rings (SSSR count). The molecule has 19 heavy (non-hydrogen) atoms. The molecular formula is C14H13BrN2O2. The van der Waals surface area contributed by atoms with Crippen molar-refractivity contribution in [3.05, 3.63) is 58.1 Å². The van der Waals surface area contributed by atoms with Crippen molar-refractivity contribution in [3.8, 4) is 0 Å². The first kappa shape index (κ1) is 13.4. The molecule has 0 spiro atoms. The van der Waals surface area contributed by atoms with Crippen LogP contribution in [0.25, 0.3) is 0 Å². The summed E-state index contributed by atoms with van der Waals surface area (Å²) >= 11 is 3.47. The Morgan fingerprint density at radius 1 is 1.26 bits per heavy atom. The van der Waals surface area contributed by atoms with Crippen molar-refractivity contribution in [3.63, 3.8) is 0 Å². The number of hydrogen-bond donors (Lipinski definition) is 3. The lowest BCUT2D eigenvalue weighted by Crippen LogP contribution is -2.05. The van der Waals surface area contributed by atoms with Gasteiger partial charge in [0.1, 0.15) is 0 Å². The zero-order valence-corrected chi connectivity index (χ0v) is 11.6. The second-order valence-corrected chi connectivity index (χ2v) is 4.91. The number of rotatable bonds is 4. The molecule has 98 valence electrons. The van der Waals surface area contributed by atoms with Gasteiger partial charge in [0.2, 0.25) is 0 Å². The number of nitrogens with one attached hydrogen (secondary N) is 1. The maximum Gasteiger partial charge on any atom is 0.337 e. The number of anilines is 2. The molecule has 0 radical (unpaired) electrons. The van der Waals surface area contributed by atoms with Crippen LogP contribution in [0, 0.1) is 0 Å². The molecule has 0 saturated heterocycles. The molecule has 0 aliphatic heterocycles. The van der Waals surface area contributed by atoms with Gasteiger partial charge in [-0.1, -0.05) is 34.1 Å². The third-order valence-electron chi connectivity index (χ3n) is 2.72. The first-order valence-electron chi connectivity index (χ1n) is 5.68. The minimum absolute atomic E-state index is 0.108. The summed E-state index contributed by atoms with van der Waals surface area (Å²) in [7, 11) is 0. The van der Waals surface area contributed by atoms with Gasteiger partial charge in [0.25, 0.3) is 0 Å². The van der Waals surface area contributed by atoms with E-state index in [0.717, 1.165) is 15.7 Å². The highest BCUT2D eigenvalue weighted by Gasteiger charge is 2.08. The lowest BCUT2D eigenvalue weighted by molar-refractivity contribution is 0.0698. The Morgan fingerprint density at radius 3 is 2.68 bits per heavy atom. The summed E-state index contributed by atoms with van der Waals surface area (Å²) < 4.78 is 1.01. The van der Waals surface area contributed by atoms with E-state index in [-0.39, 0.29) is 11.3 Å². The molecule has 0 amide bonds. The summed E-state index contributed by atoms with van der Waals surface area (Å²) in [6.45, 7) is 0.602. The molecule has 5 heteroatoms. The fourth-order valence-corrected chi connectivity index (χ4v) is 2.12. The van der Waals surface area contributed by atoms with Gasteiger partial charge in [-0.15, -0.1) is 0 Å². The molecule has 2 aromatic carbocycles. The van der Waals surface area contributed by atoms with E-state index in [2.05, 4.69) is 21.2 Å². The average molecular weight is 321 g/mol. The zero-order valence-electron chi connectivity index (χ0n) is 10.1. The second-order valence-electron chi connectivity index (χ2n) is 4.05. The van der Waals surface area contributed by atoms with Crippen molar-refractivity contribution < 1.29 is 9.90 Å². The van der Waals surface area contributed by atoms with E-state index >= 15 is 0 Å². The van der Waals surface area contributed by atoms with Gasteiger partial charge in [-0.2, -0.15) is 0 Å². The Bertz CT molecular complexity index is 614. The highest BCUT2D eigenvalue weighted by atomic mass is 79.9. The lowest BCUT2D eigenvalue weighted by Gasteiger charge is -2.10. The Morgan fingerprint density at radius 2 is 2.00 bits per heavy atom. The van der Waals surface area contributed by atoms with Crippen LogP contribution in [-0.2, 0) is 6.54 Å². The third kappa shape index (κ3) is 3.26. The predicted molar refractivity (Wildman–Crippen MR) is 79.3 cm³/mol. The number of carboxylic acids is 1. The number of hydrogen-bond acceptors (Lipinski definition) is 3. The van der Waals surface area contributed by atoms with Crippen LogP contribution < -0.4 is 11.1 Å². The summed E-state index contributed by atoms with van der Waals surface area (Å²) in [4.78, 5) is 11.0. The van der Waals surface area contributed by atoms with Crippen LogP contribution >= 0.6 is 15.9 Å². The van der Waals surface area contributed by atoms with Gasteiger partial charge in [0.15, 0.2) is 0 Å². The van der Waals surface area contributed by atoms with Crippen molar-refractivity contribution in [2.75, 3.05) is 11.1 Å². The molecular weight excluding hydrogens is 308 g/mol. The van der Waals surface area contributed by atoms with Crippen LogP contribution in [0.4, 0.5) is 11.4 Å². The normalized spacial score (nSPS) is 10.2. The summed E-state index contributed by atoms with van der Waals surface area (Å²) in [6, 6.07) is 12.7. The molecule has 0 aliphatic rings. The SMILES string of the molecule is Nc1ccc(NCc2ccccc2Br)cc1C(=O)O. The maximum absolute atomic E-state index is 11.0. The van der Waals surface area contributed by atoms with Crippen molar-refractivity contribution in [2.24, 2.45) is 0 Å². The molecule has 0 saturated carbocycles. The maximum atomic E-state index is 11.0. The minimum Gasteiger partial charge on any atom is -0.478 e. The number of benzene rings is 2. The third-order valence-corrected chi connectivity index (χ3v) is 3.50. The van der Waals surface area contributed by atoms with E-state index in [1.807, 2.05) is 24.3 Å². The van der Waals surface area contributed by atoms with Crippen LogP contribution in [0.1, 0.15) is 15.9 Å². The van der Waals surface area contributed by atoms with E-state index in [4.69, 9.17) is 10.8 Å². The minimum atomic E-state index is -1.03. The van der Waals surface area contributed by atoms with E-state index in [9.17, 15) is 4.79 Å². The fourth-order valence-electron chi connectivity index (χ4n) is 1.69. The number of halogens is 1. The van der Waals surface area contributed by atoms with Gasteiger partial charge < -0.3 is 16.2 Å². The van der Waals surface area contributed by atoms with Crippen molar-refractivity contribution in [1.29, 1.82) is 0 Å². The number of carboxylic acid groups (broad SMARTS) is 1. The van der Waals surface area contributed by atoms with E-state index < -0.39 is 5.97 Å². The van der Waals surface area contributed by atoms with Gasteiger partial charge in [0, 0.05) is 22.4 Å². The number of nitrogens with two attached hydrogens (primary N) is 1. The smallest absolute Gasteiger partial charge is 0.337 e. The highest BCUT2D eigenvalue weighted by Crippen LogP contribution is 2.20. The van der Waals surface area contributed by atoms with Crippen LogP contribution in [0.2, 0.25) is 0 Å². The Hall–Kier alpha value is -2.01. The Balaban J connectivity index is 2.14. The molecule has 0 unspecified atom stereocenters. The van der Waals surface area contributed by atoms with Crippen molar-refractivity contribution in [1.82, 2.24) is 0 Å². The molecule has 0 fully saturated rings.